The second kappa shape index (κ2) is 5.58. The van der Waals surface area contributed by atoms with Gasteiger partial charge in [-0.2, -0.15) is 11.8 Å². The second-order valence-electron chi connectivity index (χ2n) is 5.15. The van der Waals surface area contributed by atoms with Crippen molar-refractivity contribution in [3.63, 3.8) is 0 Å². The summed E-state index contributed by atoms with van der Waals surface area (Å²) >= 11 is 1.76. The van der Waals surface area contributed by atoms with Gasteiger partial charge in [-0.1, -0.05) is 0 Å². The van der Waals surface area contributed by atoms with Gasteiger partial charge < -0.3 is 20.1 Å². The Morgan fingerprint density at radius 2 is 2.21 bits per heavy atom. The summed E-state index contributed by atoms with van der Waals surface area (Å²) < 4.78 is 5.34. The number of carbonyl (C=O) groups excluding carboxylic acids is 1. The highest BCUT2D eigenvalue weighted by Gasteiger charge is 2.44. The van der Waals surface area contributed by atoms with Crippen LogP contribution in [0, 0.1) is 0 Å². The van der Waals surface area contributed by atoms with E-state index >= 15 is 0 Å². The van der Waals surface area contributed by atoms with Crippen LogP contribution >= 0.6 is 11.8 Å². The van der Waals surface area contributed by atoms with Crippen molar-refractivity contribution in [3.05, 3.63) is 0 Å². The number of nitrogens with zero attached hydrogens (tertiary/aromatic N) is 1. The summed E-state index contributed by atoms with van der Waals surface area (Å²) in [4.78, 5) is 24.6. The van der Waals surface area contributed by atoms with Crippen molar-refractivity contribution >= 4 is 23.8 Å². The van der Waals surface area contributed by atoms with Gasteiger partial charge in [0.1, 0.15) is 6.04 Å². The molecule has 0 bridgehead atoms. The molecule has 0 radical (unpaired) electrons. The van der Waals surface area contributed by atoms with Gasteiger partial charge in [0.2, 0.25) is 0 Å². The Balaban J connectivity index is 1.91. The molecular weight excluding hydrogens is 268 g/mol. The van der Waals surface area contributed by atoms with E-state index in [0.29, 0.717) is 19.5 Å². The van der Waals surface area contributed by atoms with Crippen molar-refractivity contribution in [3.8, 4) is 0 Å². The Labute approximate surface area is 116 Å². The molecule has 19 heavy (non-hydrogen) atoms. The number of aliphatic carboxylic acids is 1. The van der Waals surface area contributed by atoms with Crippen LogP contribution in [0.15, 0.2) is 0 Å². The normalized spacial score (nSPS) is 28.2. The number of hydrogen-bond donors (Lipinski definition) is 2. The molecule has 6 nitrogen and oxygen atoms in total. The van der Waals surface area contributed by atoms with Crippen molar-refractivity contribution in [1.82, 2.24) is 10.2 Å². The number of hydrogen-bond acceptors (Lipinski definition) is 4. The molecule has 2 atom stereocenters. The van der Waals surface area contributed by atoms with E-state index in [4.69, 9.17) is 9.84 Å². The summed E-state index contributed by atoms with van der Waals surface area (Å²) in [6, 6.07) is -1.08. The number of rotatable bonds is 5. The van der Waals surface area contributed by atoms with Gasteiger partial charge >= 0.3 is 12.0 Å². The van der Waals surface area contributed by atoms with Gasteiger partial charge in [-0.25, -0.2) is 9.59 Å². The zero-order chi connectivity index (χ0) is 14.0. The third-order valence-electron chi connectivity index (χ3n) is 3.94. The Kier molecular flexibility index (Phi) is 4.25. The van der Waals surface area contributed by atoms with Gasteiger partial charge in [0.25, 0.3) is 0 Å². The number of carboxylic acids is 1. The maximum absolute atomic E-state index is 12.1. The number of ether oxygens (including phenoxy) is 1. The molecule has 0 aromatic heterocycles. The number of carbonyl (C=O) groups is 2. The first-order valence-electron chi connectivity index (χ1n) is 6.36. The first-order valence-corrected chi connectivity index (χ1v) is 7.59. The van der Waals surface area contributed by atoms with Gasteiger partial charge in [0, 0.05) is 31.4 Å². The Hall–Kier alpha value is -0.950. The zero-order valence-electron chi connectivity index (χ0n) is 11.2. The van der Waals surface area contributed by atoms with E-state index in [-0.39, 0.29) is 16.9 Å². The highest BCUT2D eigenvalue weighted by atomic mass is 32.2. The fraction of sp³-hybridized carbons (Fsp3) is 0.833. The van der Waals surface area contributed by atoms with Gasteiger partial charge in [-0.05, 0) is 19.1 Å². The number of methoxy groups -OCH3 is 1. The fourth-order valence-electron chi connectivity index (χ4n) is 2.36. The Bertz CT molecular complexity index is 373. The van der Waals surface area contributed by atoms with Crippen LogP contribution in [-0.2, 0) is 9.53 Å². The average Bonchev–Trinajstić information content (AvgIpc) is 3.05. The molecule has 2 fully saturated rings. The summed E-state index contributed by atoms with van der Waals surface area (Å²) in [7, 11) is 1.54. The quantitative estimate of drug-likeness (QED) is 0.781. The Morgan fingerprint density at radius 3 is 2.68 bits per heavy atom. The van der Waals surface area contributed by atoms with Gasteiger partial charge in [-0.15, -0.1) is 0 Å². The summed E-state index contributed by atoms with van der Waals surface area (Å²) in [5.74, 6) is -0.972. The van der Waals surface area contributed by atoms with Crippen molar-refractivity contribution in [2.45, 2.75) is 36.2 Å². The van der Waals surface area contributed by atoms with Crippen LogP contribution < -0.4 is 5.32 Å². The Morgan fingerprint density at radius 1 is 1.53 bits per heavy atom. The molecule has 0 aromatic rings. The SMILES string of the molecule is COC1CC(C(=O)O)N(C(=O)NCC2(SC)CC2)C1. The van der Waals surface area contributed by atoms with Gasteiger partial charge in [-0.3, -0.25) is 0 Å². The lowest BCUT2D eigenvalue weighted by Gasteiger charge is -2.23. The lowest BCUT2D eigenvalue weighted by atomic mass is 10.2. The number of urea groups is 1. The molecule has 1 aliphatic carbocycles. The van der Waals surface area contributed by atoms with E-state index in [1.165, 1.54) is 12.0 Å². The van der Waals surface area contributed by atoms with Crippen LogP contribution in [0.5, 0.6) is 0 Å². The van der Waals surface area contributed by atoms with Crippen molar-refractivity contribution in [2.24, 2.45) is 0 Å². The molecule has 2 rings (SSSR count). The number of thioether (sulfide) groups is 1. The lowest BCUT2D eigenvalue weighted by molar-refractivity contribution is -0.141. The van der Waals surface area contributed by atoms with Crippen LogP contribution in [0.2, 0.25) is 0 Å². The highest BCUT2D eigenvalue weighted by Crippen LogP contribution is 2.46. The monoisotopic (exact) mass is 288 g/mol. The zero-order valence-corrected chi connectivity index (χ0v) is 12.0. The standard InChI is InChI=1S/C12H20N2O4S/c1-18-8-5-9(10(15)16)14(6-8)11(17)13-7-12(19-2)3-4-12/h8-9H,3-7H2,1-2H3,(H,13,17)(H,15,16). The van der Waals surface area contributed by atoms with Gasteiger partial charge in [0.05, 0.1) is 6.10 Å². The highest BCUT2D eigenvalue weighted by molar-refractivity contribution is 8.00. The second-order valence-corrected chi connectivity index (χ2v) is 6.42. The van der Waals surface area contributed by atoms with Crippen molar-refractivity contribution < 1.29 is 19.4 Å². The molecule has 1 aliphatic heterocycles. The fourth-order valence-corrected chi connectivity index (χ4v) is 3.08. The summed E-state index contributed by atoms with van der Waals surface area (Å²) in [5.41, 5.74) is 0. The molecule has 1 heterocycles. The summed E-state index contributed by atoms with van der Waals surface area (Å²) in [6.07, 6.45) is 4.42. The van der Waals surface area contributed by atoms with Crippen LogP contribution in [0.4, 0.5) is 4.79 Å². The number of nitrogens with one attached hydrogen (secondary N) is 1. The molecular formula is C12H20N2O4S. The minimum atomic E-state index is -0.972. The largest absolute Gasteiger partial charge is 0.480 e. The number of amides is 2. The minimum Gasteiger partial charge on any atom is -0.480 e. The molecule has 2 unspecified atom stereocenters. The number of carboxylic acid groups (broad SMARTS) is 1. The van der Waals surface area contributed by atoms with Crippen molar-refractivity contribution in [1.29, 1.82) is 0 Å². The number of likely N-dealkylation sites (tertiary alicyclic amines) is 1. The van der Waals surface area contributed by atoms with Crippen LogP contribution in [0.1, 0.15) is 19.3 Å². The molecule has 2 aliphatic rings. The van der Waals surface area contributed by atoms with E-state index in [1.807, 2.05) is 6.26 Å². The van der Waals surface area contributed by atoms with Crippen LogP contribution in [0.3, 0.4) is 0 Å². The summed E-state index contributed by atoms with van der Waals surface area (Å²) in [6.45, 7) is 0.944. The molecule has 1 saturated carbocycles. The predicted molar refractivity (Wildman–Crippen MR) is 72.4 cm³/mol. The molecule has 1 saturated heterocycles. The molecule has 0 spiro atoms. The molecule has 2 amide bonds. The molecule has 2 N–H and O–H groups in total. The smallest absolute Gasteiger partial charge is 0.326 e. The molecule has 0 aromatic carbocycles. The third kappa shape index (κ3) is 3.14. The lowest BCUT2D eigenvalue weighted by Crippen LogP contribution is -2.47. The van der Waals surface area contributed by atoms with E-state index in [2.05, 4.69) is 5.32 Å². The maximum Gasteiger partial charge on any atom is 0.326 e. The van der Waals surface area contributed by atoms with Gasteiger partial charge in [0.15, 0.2) is 0 Å². The summed E-state index contributed by atoms with van der Waals surface area (Å²) in [5, 5.41) is 12.0. The average molecular weight is 288 g/mol. The van der Waals surface area contributed by atoms with Crippen LogP contribution in [-0.4, -0.2) is 65.4 Å². The van der Waals surface area contributed by atoms with E-state index in [0.717, 1.165) is 12.8 Å². The third-order valence-corrected chi connectivity index (χ3v) is 5.36. The first-order chi connectivity index (χ1) is 9.01. The van der Waals surface area contributed by atoms with E-state index < -0.39 is 12.0 Å². The predicted octanol–water partition coefficient (Wildman–Crippen LogP) is 0.765. The van der Waals surface area contributed by atoms with Crippen LogP contribution in [0.25, 0.3) is 0 Å². The topological polar surface area (TPSA) is 78.9 Å². The molecule has 7 heteroatoms. The van der Waals surface area contributed by atoms with E-state index in [1.54, 1.807) is 11.8 Å². The maximum atomic E-state index is 12.1. The minimum absolute atomic E-state index is 0.175. The first kappa shape index (κ1) is 14.5. The van der Waals surface area contributed by atoms with E-state index in [9.17, 15) is 9.59 Å². The molecule has 108 valence electrons. The van der Waals surface area contributed by atoms with Crippen molar-refractivity contribution in [2.75, 3.05) is 26.5 Å².